The third-order valence-electron chi connectivity index (χ3n) is 2.78. The summed E-state index contributed by atoms with van der Waals surface area (Å²) in [5, 5.41) is 3.05. The molecule has 17 heavy (non-hydrogen) atoms. The highest BCUT2D eigenvalue weighted by atomic mass is 16.2. The van der Waals surface area contributed by atoms with E-state index in [1.165, 1.54) is 4.90 Å². The number of nitrogens with one attached hydrogen (secondary N) is 1. The summed E-state index contributed by atoms with van der Waals surface area (Å²) in [6, 6.07) is 5.67. The lowest BCUT2D eigenvalue weighted by molar-refractivity contribution is -0.124. The van der Waals surface area contributed by atoms with Crippen molar-refractivity contribution in [3.63, 3.8) is 0 Å². The van der Waals surface area contributed by atoms with Crippen molar-refractivity contribution in [2.45, 2.75) is 13.0 Å². The molecule has 2 rings (SSSR count). The Labute approximate surface area is 99.6 Å². The molecule has 0 saturated carbocycles. The van der Waals surface area contributed by atoms with Crippen LogP contribution in [0.5, 0.6) is 0 Å². The zero-order chi connectivity index (χ0) is 12.4. The molecule has 0 unspecified atom stereocenters. The molecule has 3 N–H and O–H groups in total. The van der Waals surface area contributed by atoms with Gasteiger partial charge in [0, 0.05) is 6.54 Å². The number of benzene rings is 1. The number of amides is 2. The van der Waals surface area contributed by atoms with E-state index in [9.17, 15) is 9.59 Å². The normalized spacial score (nSPS) is 14.0. The summed E-state index contributed by atoms with van der Waals surface area (Å²) in [6.45, 7) is 0.593. The number of hydrogen-bond acceptors (Lipinski definition) is 4. The Kier molecular flexibility index (Phi) is 3.21. The summed E-state index contributed by atoms with van der Waals surface area (Å²) < 4.78 is 0. The van der Waals surface area contributed by atoms with Gasteiger partial charge in [0.15, 0.2) is 0 Å². The third-order valence-corrected chi connectivity index (χ3v) is 2.78. The van der Waals surface area contributed by atoms with Gasteiger partial charge in [-0.1, -0.05) is 12.1 Å². The molecule has 0 fully saturated rings. The van der Waals surface area contributed by atoms with E-state index in [1.807, 2.05) is 19.2 Å². The Bertz CT molecular complexity index is 471. The van der Waals surface area contributed by atoms with Crippen LogP contribution in [-0.4, -0.2) is 25.4 Å². The van der Waals surface area contributed by atoms with Crippen LogP contribution in [0.1, 0.15) is 11.1 Å². The van der Waals surface area contributed by atoms with Crippen LogP contribution < -0.4 is 16.0 Å². The Morgan fingerprint density at radius 3 is 2.94 bits per heavy atom. The third kappa shape index (κ3) is 2.07. The number of fused-ring (bicyclic) bond motifs is 1. The number of hydrogen-bond donors (Lipinski definition) is 2. The first-order chi connectivity index (χ1) is 8.17. The highest BCUT2D eigenvalue weighted by molar-refractivity contribution is 6.19. The molecule has 0 bridgehead atoms. The molecule has 1 heterocycles. The maximum absolute atomic E-state index is 11.7. The number of imide groups is 1. The molecule has 0 atom stereocenters. The van der Waals surface area contributed by atoms with Crippen molar-refractivity contribution in [1.29, 1.82) is 0 Å². The quantitative estimate of drug-likeness (QED) is 0.757. The van der Waals surface area contributed by atoms with Gasteiger partial charge in [-0.05, 0) is 24.2 Å². The van der Waals surface area contributed by atoms with E-state index in [0.717, 1.165) is 17.7 Å². The maximum Gasteiger partial charge on any atom is 0.247 e. The summed E-state index contributed by atoms with van der Waals surface area (Å²) in [4.78, 5) is 24.5. The molecule has 2 amide bonds. The second kappa shape index (κ2) is 4.65. The fraction of sp³-hybridized carbons (Fsp3) is 0.333. The van der Waals surface area contributed by atoms with Gasteiger partial charge in [-0.25, -0.2) is 4.90 Å². The second-order valence-electron chi connectivity index (χ2n) is 4.00. The summed E-state index contributed by atoms with van der Waals surface area (Å²) in [6.07, 6.45) is 0.276. The molecule has 0 radical (unpaired) electrons. The molecule has 90 valence electrons. The number of nitrogens with two attached hydrogens (primary N) is 1. The zero-order valence-electron chi connectivity index (χ0n) is 9.69. The number of carbonyl (C=O) groups excluding carboxylic acids is 2. The van der Waals surface area contributed by atoms with Crippen molar-refractivity contribution >= 4 is 17.5 Å². The predicted molar refractivity (Wildman–Crippen MR) is 64.5 cm³/mol. The van der Waals surface area contributed by atoms with E-state index in [1.54, 1.807) is 6.07 Å². The Hall–Kier alpha value is -1.72. The number of carbonyl (C=O) groups is 2. The largest absolute Gasteiger partial charge is 0.322 e. The van der Waals surface area contributed by atoms with Gasteiger partial charge in [0.2, 0.25) is 11.8 Å². The first-order valence-electron chi connectivity index (χ1n) is 5.49. The Balaban J connectivity index is 2.35. The van der Waals surface area contributed by atoms with Crippen molar-refractivity contribution in [2.24, 2.45) is 5.73 Å². The van der Waals surface area contributed by atoms with Crippen molar-refractivity contribution in [3.05, 3.63) is 29.3 Å². The van der Waals surface area contributed by atoms with Crippen molar-refractivity contribution in [3.8, 4) is 0 Å². The molecule has 0 aliphatic carbocycles. The molecule has 0 saturated heterocycles. The van der Waals surface area contributed by atoms with E-state index in [-0.39, 0.29) is 24.8 Å². The lowest BCUT2D eigenvalue weighted by Gasteiger charge is -2.14. The molecule has 1 aliphatic rings. The van der Waals surface area contributed by atoms with Crippen LogP contribution in [0.2, 0.25) is 0 Å². The van der Waals surface area contributed by atoms with E-state index in [4.69, 9.17) is 5.73 Å². The average Bonchev–Trinajstić information content (AvgIpc) is 2.64. The molecule has 0 aromatic heterocycles. The Morgan fingerprint density at radius 1 is 1.53 bits per heavy atom. The van der Waals surface area contributed by atoms with Crippen LogP contribution in [0.15, 0.2) is 18.2 Å². The molecule has 5 heteroatoms. The highest BCUT2D eigenvalue weighted by Gasteiger charge is 2.31. The maximum atomic E-state index is 11.7. The lowest BCUT2D eigenvalue weighted by atomic mass is 10.1. The first kappa shape index (κ1) is 11.8. The van der Waals surface area contributed by atoms with Crippen molar-refractivity contribution in [1.82, 2.24) is 5.32 Å². The fourth-order valence-corrected chi connectivity index (χ4v) is 2.05. The van der Waals surface area contributed by atoms with E-state index in [2.05, 4.69) is 5.32 Å². The number of anilines is 1. The van der Waals surface area contributed by atoms with Gasteiger partial charge < -0.3 is 11.1 Å². The van der Waals surface area contributed by atoms with E-state index < -0.39 is 0 Å². The summed E-state index contributed by atoms with van der Waals surface area (Å²) in [7, 11) is 1.86. The predicted octanol–water partition coefficient (Wildman–Crippen LogP) is -0.220. The van der Waals surface area contributed by atoms with Crippen LogP contribution in [0.25, 0.3) is 0 Å². The number of nitrogens with zero attached hydrogens (tertiary/aromatic N) is 1. The SMILES string of the molecule is CNCc1ccc2c(c1)CC(=O)N2C(=O)CN. The second-order valence-corrected chi connectivity index (χ2v) is 4.00. The van der Waals surface area contributed by atoms with Crippen LogP contribution >= 0.6 is 0 Å². The minimum Gasteiger partial charge on any atom is -0.322 e. The van der Waals surface area contributed by atoms with Crippen LogP contribution in [-0.2, 0) is 22.6 Å². The summed E-state index contributed by atoms with van der Waals surface area (Å²) in [5.41, 5.74) is 7.96. The van der Waals surface area contributed by atoms with Crippen molar-refractivity contribution < 1.29 is 9.59 Å². The van der Waals surface area contributed by atoms with Gasteiger partial charge >= 0.3 is 0 Å². The van der Waals surface area contributed by atoms with Crippen LogP contribution in [0, 0.1) is 0 Å². The lowest BCUT2D eigenvalue weighted by Crippen LogP contribution is -2.38. The van der Waals surface area contributed by atoms with Gasteiger partial charge in [0.05, 0.1) is 18.7 Å². The van der Waals surface area contributed by atoms with Gasteiger partial charge in [0.25, 0.3) is 0 Å². The molecule has 0 spiro atoms. The molecule has 1 aromatic rings. The number of rotatable bonds is 3. The molecular weight excluding hydrogens is 218 g/mol. The minimum absolute atomic E-state index is 0.149. The fourth-order valence-electron chi connectivity index (χ4n) is 2.05. The highest BCUT2D eigenvalue weighted by Crippen LogP contribution is 2.29. The minimum atomic E-state index is -0.352. The summed E-state index contributed by atoms with van der Waals surface area (Å²) >= 11 is 0. The van der Waals surface area contributed by atoms with Gasteiger partial charge in [-0.15, -0.1) is 0 Å². The molecule has 1 aromatic carbocycles. The topological polar surface area (TPSA) is 75.4 Å². The van der Waals surface area contributed by atoms with Gasteiger partial charge in [-0.3, -0.25) is 9.59 Å². The standard InChI is InChI=1S/C12H15N3O2/c1-14-7-8-2-3-10-9(4-8)5-11(16)15(10)12(17)6-13/h2-4,14H,5-7,13H2,1H3. The van der Waals surface area contributed by atoms with Crippen LogP contribution in [0.3, 0.4) is 0 Å². The Morgan fingerprint density at radius 2 is 2.29 bits per heavy atom. The summed E-state index contributed by atoms with van der Waals surface area (Å²) in [5.74, 6) is -0.549. The first-order valence-corrected chi connectivity index (χ1v) is 5.49. The molecule has 5 nitrogen and oxygen atoms in total. The monoisotopic (exact) mass is 233 g/mol. The average molecular weight is 233 g/mol. The zero-order valence-corrected chi connectivity index (χ0v) is 9.69. The smallest absolute Gasteiger partial charge is 0.247 e. The van der Waals surface area contributed by atoms with E-state index in [0.29, 0.717) is 5.69 Å². The molecule has 1 aliphatic heterocycles. The van der Waals surface area contributed by atoms with Gasteiger partial charge in [0.1, 0.15) is 0 Å². The van der Waals surface area contributed by atoms with Crippen LogP contribution in [0.4, 0.5) is 5.69 Å². The van der Waals surface area contributed by atoms with Gasteiger partial charge in [-0.2, -0.15) is 0 Å². The van der Waals surface area contributed by atoms with Crippen molar-refractivity contribution in [2.75, 3.05) is 18.5 Å². The van der Waals surface area contributed by atoms with E-state index >= 15 is 0 Å². The molecular formula is C12H15N3O2.